The topological polar surface area (TPSA) is 81.4 Å². The molecule has 6 nitrogen and oxygen atoms in total. The molecule has 92 valence electrons. The lowest BCUT2D eigenvalue weighted by Gasteiger charge is -2.07. The first kappa shape index (κ1) is 11.8. The SMILES string of the molecule is Cn1c(OC(=O)O)cnc(-c2ccccc2)c1=O. The van der Waals surface area contributed by atoms with Crippen molar-refractivity contribution in [1.82, 2.24) is 9.55 Å². The highest BCUT2D eigenvalue weighted by atomic mass is 16.7. The first-order valence-electron chi connectivity index (χ1n) is 5.12. The highest BCUT2D eigenvalue weighted by Crippen LogP contribution is 2.14. The molecule has 0 saturated heterocycles. The van der Waals surface area contributed by atoms with Crippen LogP contribution in [0.1, 0.15) is 0 Å². The molecule has 0 aliphatic heterocycles. The minimum Gasteiger partial charge on any atom is -0.449 e. The molecule has 0 amide bonds. The van der Waals surface area contributed by atoms with Crippen LogP contribution >= 0.6 is 0 Å². The maximum Gasteiger partial charge on any atom is 0.512 e. The van der Waals surface area contributed by atoms with E-state index in [0.29, 0.717) is 5.56 Å². The van der Waals surface area contributed by atoms with E-state index < -0.39 is 11.7 Å². The lowest BCUT2D eigenvalue weighted by molar-refractivity contribution is 0.140. The molecule has 2 rings (SSSR count). The molecule has 0 spiro atoms. The molecule has 0 fully saturated rings. The third-order valence-corrected chi connectivity index (χ3v) is 2.38. The molecule has 1 aromatic heterocycles. The number of nitrogens with zero attached hydrogens (tertiary/aromatic N) is 2. The second-order valence-corrected chi connectivity index (χ2v) is 3.54. The Labute approximate surface area is 102 Å². The first-order valence-corrected chi connectivity index (χ1v) is 5.12. The summed E-state index contributed by atoms with van der Waals surface area (Å²) in [7, 11) is 1.43. The molecule has 0 saturated carbocycles. The van der Waals surface area contributed by atoms with Gasteiger partial charge in [0.1, 0.15) is 5.69 Å². The average Bonchev–Trinajstić information content (AvgIpc) is 2.36. The number of hydrogen-bond acceptors (Lipinski definition) is 4. The smallest absolute Gasteiger partial charge is 0.449 e. The molecular weight excluding hydrogens is 236 g/mol. The van der Waals surface area contributed by atoms with Gasteiger partial charge in [0.2, 0.25) is 5.88 Å². The third kappa shape index (κ3) is 2.22. The Morgan fingerprint density at radius 1 is 1.33 bits per heavy atom. The summed E-state index contributed by atoms with van der Waals surface area (Å²) in [4.78, 5) is 26.4. The molecule has 1 N–H and O–H groups in total. The van der Waals surface area contributed by atoms with Crippen molar-refractivity contribution in [3.63, 3.8) is 0 Å². The lowest BCUT2D eigenvalue weighted by atomic mass is 10.1. The Hall–Kier alpha value is -2.63. The fourth-order valence-electron chi connectivity index (χ4n) is 1.50. The molecular formula is C12H10N2O4. The maximum atomic E-state index is 12.0. The fraction of sp³-hybridized carbons (Fsp3) is 0.0833. The van der Waals surface area contributed by atoms with Gasteiger partial charge in [0.05, 0.1) is 6.20 Å². The fourth-order valence-corrected chi connectivity index (χ4v) is 1.50. The van der Waals surface area contributed by atoms with Gasteiger partial charge in [-0.1, -0.05) is 30.3 Å². The predicted molar refractivity (Wildman–Crippen MR) is 63.6 cm³/mol. The van der Waals surface area contributed by atoms with Crippen molar-refractivity contribution in [1.29, 1.82) is 0 Å². The van der Waals surface area contributed by atoms with Crippen LogP contribution in [0.15, 0.2) is 41.3 Å². The van der Waals surface area contributed by atoms with Crippen molar-refractivity contribution in [2.75, 3.05) is 0 Å². The zero-order valence-corrected chi connectivity index (χ0v) is 9.53. The summed E-state index contributed by atoms with van der Waals surface area (Å²) in [5.74, 6) is -0.118. The minimum atomic E-state index is -1.49. The largest absolute Gasteiger partial charge is 0.512 e. The van der Waals surface area contributed by atoms with E-state index in [1.807, 2.05) is 6.07 Å². The van der Waals surface area contributed by atoms with Gasteiger partial charge < -0.3 is 9.84 Å². The number of carboxylic acid groups (broad SMARTS) is 1. The summed E-state index contributed by atoms with van der Waals surface area (Å²) in [5.41, 5.74) is 0.496. The second kappa shape index (κ2) is 4.70. The normalized spacial score (nSPS) is 10.1. The molecule has 2 aromatic rings. The van der Waals surface area contributed by atoms with Crippen LogP contribution < -0.4 is 10.3 Å². The van der Waals surface area contributed by atoms with E-state index in [1.165, 1.54) is 13.2 Å². The van der Waals surface area contributed by atoms with Crippen LogP contribution in [0.25, 0.3) is 11.3 Å². The molecule has 1 heterocycles. The van der Waals surface area contributed by atoms with Gasteiger partial charge >= 0.3 is 6.16 Å². The second-order valence-electron chi connectivity index (χ2n) is 3.54. The van der Waals surface area contributed by atoms with Gasteiger partial charge in [0.25, 0.3) is 5.56 Å². The third-order valence-electron chi connectivity index (χ3n) is 2.38. The van der Waals surface area contributed by atoms with E-state index in [0.717, 1.165) is 4.57 Å². The van der Waals surface area contributed by atoms with E-state index in [4.69, 9.17) is 5.11 Å². The number of aromatic nitrogens is 2. The predicted octanol–water partition coefficient (Wildman–Crippen LogP) is 1.50. The van der Waals surface area contributed by atoms with Crippen molar-refractivity contribution in [2.45, 2.75) is 0 Å². The zero-order chi connectivity index (χ0) is 13.1. The van der Waals surface area contributed by atoms with Crippen LogP contribution in [0.3, 0.4) is 0 Å². The standard InChI is InChI=1S/C12H10N2O4/c1-14-9(18-12(16)17)7-13-10(11(14)15)8-5-3-2-4-6-8/h2-7H,1H3,(H,16,17). The van der Waals surface area contributed by atoms with Gasteiger partial charge in [-0.3, -0.25) is 9.36 Å². The molecule has 0 aliphatic carbocycles. The molecule has 0 unspecified atom stereocenters. The summed E-state index contributed by atoms with van der Waals surface area (Å²) in [6, 6.07) is 8.91. The minimum absolute atomic E-state index is 0.118. The van der Waals surface area contributed by atoms with E-state index >= 15 is 0 Å². The summed E-state index contributed by atoms with van der Waals surface area (Å²) in [5, 5.41) is 8.50. The summed E-state index contributed by atoms with van der Waals surface area (Å²) < 4.78 is 5.53. The lowest BCUT2D eigenvalue weighted by Crippen LogP contribution is -2.23. The van der Waals surface area contributed by atoms with E-state index in [9.17, 15) is 9.59 Å². The Bertz CT molecular complexity index is 634. The molecule has 0 aliphatic rings. The maximum absolute atomic E-state index is 12.0. The number of benzene rings is 1. The number of rotatable bonds is 2. The van der Waals surface area contributed by atoms with Crippen LogP contribution in [0, 0.1) is 0 Å². The van der Waals surface area contributed by atoms with E-state index in [2.05, 4.69) is 9.72 Å². The van der Waals surface area contributed by atoms with E-state index in [-0.39, 0.29) is 11.6 Å². The number of ether oxygens (including phenoxy) is 1. The van der Waals surface area contributed by atoms with Crippen LogP contribution in [-0.4, -0.2) is 20.8 Å². The van der Waals surface area contributed by atoms with Crippen molar-refractivity contribution in [2.24, 2.45) is 7.05 Å². The monoisotopic (exact) mass is 246 g/mol. The van der Waals surface area contributed by atoms with Gasteiger partial charge in [-0.2, -0.15) is 0 Å². The highest BCUT2D eigenvalue weighted by Gasteiger charge is 2.12. The molecule has 1 aromatic carbocycles. The molecule has 0 atom stereocenters. The number of carbonyl (C=O) groups is 1. The van der Waals surface area contributed by atoms with Gasteiger partial charge in [0, 0.05) is 12.6 Å². The van der Waals surface area contributed by atoms with Gasteiger partial charge in [-0.15, -0.1) is 0 Å². The quantitative estimate of drug-likeness (QED) is 0.812. The van der Waals surface area contributed by atoms with Crippen LogP contribution in [0.2, 0.25) is 0 Å². The van der Waals surface area contributed by atoms with Crippen LogP contribution in [-0.2, 0) is 7.05 Å². The van der Waals surface area contributed by atoms with Gasteiger partial charge in [0.15, 0.2) is 0 Å². The molecule has 18 heavy (non-hydrogen) atoms. The number of hydrogen-bond donors (Lipinski definition) is 1. The molecule has 0 bridgehead atoms. The van der Waals surface area contributed by atoms with Crippen LogP contribution in [0.4, 0.5) is 4.79 Å². The highest BCUT2D eigenvalue weighted by molar-refractivity contribution is 5.61. The Balaban J connectivity index is 2.51. The zero-order valence-electron chi connectivity index (χ0n) is 9.53. The van der Waals surface area contributed by atoms with Gasteiger partial charge in [-0.05, 0) is 0 Å². The van der Waals surface area contributed by atoms with E-state index in [1.54, 1.807) is 24.3 Å². The Morgan fingerprint density at radius 2 is 2.00 bits per heavy atom. The van der Waals surface area contributed by atoms with Crippen molar-refractivity contribution in [3.05, 3.63) is 46.9 Å². The Morgan fingerprint density at radius 3 is 2.61 bits per heavy atom. The summed E-state index contributed by atoms with van der Waals surface area (Å²) in [6.45, 7) is 0. The van der Waals surface area contributed by atoms with Crippen molar-refractivity contribution >= 4 is 6.16 Å². The van der Waals surface area contributed by atoms with Crippen molar-refractivity contribution < 1.29 is 14.6 Å². The summed E-state index contributed by atoms with van der Waals surface area (Å²) >= 11 is 0. The average molecular weight is 246 g/mol. The van der Waals surface area contributed by atoms with Gasteiger partial charge in [-0.25, -0.2) is 9.78 Å². The Kier molecular flexibility index (Phi) is 3.09. The van der Waals surface area contributed by atoms with Crippen LogP contribution in [0.5, 0.6) is 5.88 Å². The summed E-state index contributed by atoms with van der Waals surface area (Å²) in [6.07, 6.45) is -0.281. The first-order chi connectivity index (χ1) is 8.59. The van der Waals surface area contributed by atoms with Crippen molar-refractivity contribution in [3.8, 4) is 17.1 Å². The molecule has 6 heteroatoms. The molecule has 0 radical (unpaired) electrons.